The van der Waals surface area contributed by atoms with Gasteiger partial charge in [0, 0.05) is 38.3 Å². The molecule has 9 aromatic rings. The van der Waals surface area contributed by atoms with Crippen LogP contribution in [0.3, 0.4) is 0 Å². The van der Waals surface area contributed by atoms with Crippen molar-refractivity contribution in [3.63, 3.8) is 0 Å². The molecule has 0 radical (unpaired) electrons. The number of rotatable bonds is 4. The number of para-hydroxylation sites is 4. The van der Waals surface area contributed by atoms with Crippen molar-refractivity contribution < 1.29 is 0 Å². The lowest BCUT2D eigenvalue weighted by atomic mass is 9.89. The molecule has 48 heavy (non-hydrogen) atoms. The van der Waals surface area contributed by atoms with Gasteiger partial charge in [-0.25, -0.2) is 0 Å². The van der Waals surface area contributed by atoms with E-state index in [1.807, 2.05) is 0 Å². The van der Waals surface area contributed by atoms with Crippen LogP contribution in [-0.4, -0.2) is 9.13 Å². The molecular formula is C46H32N2. The molecule has 1 unspecified atom stereocenters. The number of fused-ring (bicyclic) bond motifs is 7. The van der Waals surface area contributed by atoms with Gasteiger partial charge in [-0.15, -0.1) is 0 Å². The van der Waals surface area contributed by atoms with Gasteiger partial charge in [0.05, 0.1) is 17.1 Å². The number of allylic oxidation sites excluding steroid dienone is 4. The zero-order valence-corrected chi connectivity index (χ0v) is 26.4. The second kappa shape index (κ2) is 10.7. The minimum Gasteiger partial charge on any atom is -0.333 e. The zero-order chi connectivity index (χ0) is 31.6. The van der Waals surface area contributed by atoms with E-state index in [0.29, 0.717) is 0 Å². The maximum absolute atomic E-state index is 2.51. The van der Waals surface area contributed by atoms with E-state index in [1.54, 1.807) is 0 Å². The second-order valence-corrected chi connectivity index (χ2v) is 12.8. The summed E-state index contributed by atoms with van der Waals surface area (Å²) in [4.78, 5) is 0. The molecule has 0 spiro atoms. The van der Waals surface area contributed by atoms with Crippen LogP contribution in [0.5, 0.6) is 0 Å². The molecule has 0 saturated heterocycles. The minimum absolute atomic E-state index is 0.275. The first-order valence-electron chi connectivity index (χ1n) is 16.8. The van der Waals surface area contributed by atoms with Crippen LogP contribution in [0.1, 0.15) is 18.0 Å². The van der Waals surface area contributed by atoms with Gasteiger partial charge in [-0.1, -0.05) is 140 Å². The number of nitrogens with zero attached hydrogens (tertiary/aromatic N) is 2. The highest BCUT2D eigenvalue weighted by Gasteiger charge is 2.19. The fraction of sp³-hybridized carbons (Fsp3) is 0.0435. The Kier molecular flexibility index (Phi) is 6.04. The van der Waals surface area contributed by atoms with Crippen molar-refractivity contribution in [3.8, 4) is 16.8 Å². The van der Waals surface area contributed by atoms with E-state index in [2.05, 4.69) is 185 Å². The van der Waals surface area contributed by atoms with Crippen molar-refractivity contribution in [1.82, 2.24) is 9.13 Å². The van der Waals surface area contributed by atoms with Gasteiger partial charge in [0.2, 0.25) is 0 Å². The van der Waals surface area contributed by atoms with E-state index in [4.69, 9.17) is 0 Å². The highest BCUT2D eigenvalue weighted by molar-refractivity contribution is 6.10. The molecule has 1 atom stereocenters. The van der Waals surface area contributed by atoms with Crippen molar-refractivity contribution in [2.45, 2.75) is 12.5 Å². The number of aromatic nitrogens is 2. The normalized spacial score (nSPS) is 14.8. The quantitative estimate of drug-likeness (QED) is 0.187. The first kappa shape index (κ1) is 27.0. The summed E-state index contributed by atoms with van der Waals surface area (Å²) in [6, 6.07) is 57.8. The summed E-state index contributed by atoms with van der Waals surface area (Å²) in [6.45, 7) is 0. The highest BCUT2D eigenvalue weighted by Crippen LogP contribution is 2.40. The van der Waals surface area contributed by atoms with Crippen molar-refractivity contribution in [3.05, 3.63) is 182 Å². The van der Waals surface area contributed by atoms with Crippen LogP contribution >= 0.6 is 0 Å². The number of benzene rings is 7. The van der Waals surface area contributed by atoms with Crippen LogP contribution in [0.15, 0.2) is 176 Å². The molecule has 0 aliphatic heterocycles. The van der Waals surface area contributed by atoms with E-state index >= 15 is 0 Å². The number of hydrogen-bond acceptors (Lipinski definition) is 0. The summed E-state index contributed by atoms with van der Waals surface area (Å²) in [7, 11) is 0. The van der Waals surface area contributed by atoms with Crippen LogP contribution in [0.2, 0.25) is 0 Å². The Labute approximate surface area is 279 Å². The predicted octanol–water partition coefficient (Wildman–Crippen LogP) is 12.3. The van der Waals surface area contributed by atoms with Gasteiger partial charge in [0.25, 0.3) is 0 Å². The first-order valence-corrected chi connectivity index (χ1v) is 16.8. The minimum atomic E-state index is 0.275. The van der Waals surface area contributed by atoms with Crippen molar-refractivity contribution in [1.29, 1.82) is 0 Å². The Hall–Kier alpha value is -6.12. The van der Waals surface area contributed by atoms with Gasteiger partial charge >= 0.3 is 0 Å². The summed E-state index contributed by atoms with van der Waals surface area (Å²) in [5, 5.41) is 7.77. The molecule has 1 aliphatic carbocycles. The smallest absolute Gasteiger partial charge is 0.0560 e. The molecule has 1 aliphatic rings. The van der Waals surface area contributed by atoms with E-state index in [0.717, 1.165) is 6.42 Å². The van der Waals surface area contributed by atoms with Gasteiger partial charge in [0.1, 0.15) is 0 Å². The monoisotopic (exact) mass is 612 g/mol. The lowest BCUT2D eigenvalue weighted by molar-refractivity contribution is 0.649. The van der Waals surface area contributed by atoms with Gasteiger partial charge in [-0.2, -0.15) is 0 Å². The molecular weight excluding hydrogens is 581 g/mol. The lowest BCUT2D eigenvalue weighted by Gasteiger charge is -2.21. The molecule has 0 N–H and O–H groups in total. The maximum Gasteiger partial charge on any atom is 0.0560 e. The van der Waals surface area contributed by atoms with Gasteiger partial charge in [-0.3, -0.25) is 0 Å². The molecule has 0 amide bonds. The molecule has 0 bridgehead atoms. The highest BCUT2D eigenvalue weighted by atomic mass is 15.0. The third kappa shape index (κ3) is 4.06. The van der Waals surface area contributed by atoms with Crippen LogP contribution < -0.4 is 0 Å². The van der Waals surface area contributed by atoms with Crippen molar-refractivity contribution >= 4 is 60.0 Å². The average Bonchev–Trinajstić information content (AvgIpc) is 3.68. The molecule has 2 heterocycles. The lowest BCUT2D eigenvalue weighted by Crippen LogP contribution is -2.08. The van der Waals surface area contributed by atoms with E-state index < -0.39 is 0 Å². The maximum atomic E-state index is 2.51. The van der Waals surface area contributed by atoms with Crippen molar-refractivity contribution in [2.75, 3.05) is 0 Å². The molecule has 0 saturated carbocycles. The summed E-state index contributed by atoms with van der Waals surface area (Å²) in [6.07, 6.45) is 8.11. The SMILES string of the molecule is C1=CC(n2c3ccccc3c3ccccc32)CC=C1c1ccc(-c2ccc(-n3c4ccccc4c4ccccc43)cc2)c2ccccc12. The topological polar surface area (TPSA) is 9.86 Å². The Morgan fingerprint density at radius 2 is 0.875 bits per heavy atom. The molecule has 2 nitrogen and oxygen atoms in total. The fourth-order valence-corrected chi connectivity index (χ4v) is 8.10. The van der Waals surface area contributed by atoms with Gasteiger partial charge in [0.15, 0.2) is 0 Å². The van der Waals surface area contributed by atoms with Crippen LogP contribution in [0.25, 0.3) is 76.8 Å². The van der Waals surface area contributed by atoms with E-state index in [9.17, 15) is 0 Å². The number of hydrogen-bond donors (Lipinski definition) is 0. The fourth-order valence-electron chi connectivity index (χ4n) is 8.10. The molecule has 7 aromatic carbocycles. The van der Waals surface area contributed by atoms with Crippen LogP contribution in [-0.2, 0) is 0 Å². The average molecular weight is 613 g/mol. The molecule has 2 aromatic heterocycles. The Balaban J connectivity index is 1.01. The predicted molar refractivity (Wildman–Crippen MR) is 204 cm³/mol. The van der Waals surface area contributed by atoms with Crippen LogP contribution in [0, 0.1) is 0 Å². The first-order chi connectivity index (χ1) is 23.8. The van der Waals surface area contributed by atoms with E-state index in [-0.39, 0.29) is 6.04 Å². The Bertz CT molecular complexity index is 2640. The molecule has 0 fully saturated rings. The van der Waals surface area contributed by atoms with Gasteiger partial charge < -0.3 is 9.13 Å². The summed E-state index contributed by atoms with van der Waals surface area (Å²) in [5.41, 5.74) is 11.3. The summed E-state index contributed by atoms with van der Waals surface area (Å²) >= 11 is 0. The Morgan fingerprint density at radius 1 is 0.417 bits per heavy atom. The van der Waals surface area contributed by atoms with Gasteiger partial charge in [-0.05, 0) is 75.9 Å². The molecule has 10 rings (SSSR count). The van der Waals surface area contributed by atoms with Crippen molar-refractivity contribution in [2.24, 2.45) is 0 Å². The van der Waals surface area contributed by atoms with Crippen LogP contribution in [0.4, 0.5) is 0 Å². The third-order valence-electron chi connectivity index (χ3n) is 10.3. The van der Waals surface area contributed by atoms with E-state index in [1.165, 1.54) is 82.3 Å². The molecule has 2 heteroatoms. The Morgan fingerprint density at radius 3 is 1.42 bits per heavy atom. The summed E-state index contributed by atoms with van der Waals surface area (Å²) in [5.74, 6) is 0. The second-order valence-electron chi connectivity index (χ2n) is 12.8. The third-order valence-corrected chi connectivity index (χ3v) is 10.3. The zero-order valence-electron chi connectivity index (χ0n) is 26.4. The summed E-state index contributed by atoms with van der Waals surface area (Å²) < 4.78 is 4.89. The standard InChI is InChI=1S/C46H32N2/c1-2-12-38-36(32-23-27-34(28-24-32)48-45-19-9-5-15-41(45)42-16-6-10-20-46(42)48)30-29-35(37(38)11-1)31-21-25-33(26-22-31)47-43-17-7-3-13-39(43)40-14-4-8-18-44(40)47/h1-27,29-30,34H,28H2. The largest absolute Gasteiger partial charge is 0.333 e. The molecule has 226 valence electrons.